The Kier molecular flexibility index (Phi) is 10.3. The van der Waals surface area contributed by atoms with E-state index < -0.39 is 10.1 Å². The Balaban J connectivity index is 0.00000484. The van der Waals surface area contributed by atoms with Crippen molar-refractivity contribution in [2.24, 2.45) is 17.8 Å². The molecule has 1 aromatic rings. The summed E-state index contributed by atoms with van der Waals surface area (Å²) < 4.78 is 34.2. The van der Waals surface area contributed by atoms with Gasteiger partial charge in [-0.25, -0.2) is 8.42 Å². The van der Waals surface area contributed by atoms with Crippen molar-refractivity contribution in [2.45, 2.75) is 64.7 Å². The first kappa shape index (κ1) is 23.1. The van der Waals surface area contributed by atoms with Crippen LogP contribution in [0.3, 0.4) is 0 Å². The van der Waals surface area contributed by atoms with E-state index in [1.54, 1.807) is 18.2 Å². The molecular weight excluding hydrogens is 319 g/mol. The average Bonchev–Trinajstić information content (AvgIpc) is 2.36. The van der Waals surface area contributed by atoms with Crippen molar-refractivity contribution in [1.29, 1.82) is 0 Å². The third kappa shape index (κ3) is 8.17. The zero-order valence-corrected chi connectivity index (χ0v) is 18.2. The standard InChI is InChI=1S/C18H30O3S.Na/c1-13(2)10-14(3)11-15(4)12-16(5)17-8-6-7-9-18(17)22(19,20)21;/h6-9,13-16H,10-12H2,1-5H3,(H,19,20,21);/q;+1/p-1. The van der Waals surface area contributed by atoms with Crippen molar-refractivity contribution in [1.82, 2.24) is 0 Å². The van der Waals surface area contributed by atoms with Crippen LogP contribution in [0.4, 0.5) is 0 Å². The van der Waals surface area contributed by atoms with Gasteiger partial charge in [-0.1, -0.05) is 52.8 Å². The molecule has 0 aliphatic heterocycles. The molecule has 1 rings (SSSR count). The van der Waals surface area contributed by atoms with E-state index in [0.717, 1.165) is 12.8 Å². The van der Waals surface area contributed by atoms with Gasteiger partial charge in [-0.05, 0) is 54.6 Å². The van der Waals surface area contributed by atoms with Crippen molar-refractivity contribution < 1.29 is 42.5 Å². The van der Waals surface area contributed by atoms with Crippen LogP contribution in [0.15, 0.2) is 29.2 Å². The fourth-order valence-electron chi connectivity index (χ4n) is 3.53. The summed E-state index contributed by atoms with van der Waals surface area (Å²) in [5.74, 6) is 1.94. The molecule has 126 valence electrons. The van der Waals surface area contributed by atoms with Gasteiger partial charge < -0.3 is 4.55 Å². The molecule has 3 nitrogen and oxygen atoms in total. The van der Waals surface area contributed by atoms with Crippen LogP contribution >= 0.6 is 0 Å². The fourth-order valence-corrected chi connectivity index (χ4v) is 4.33. The second-order valence-electron chi connectivity index (χ2n) is 7.20. The van der Waals surface area contributed by atoms with Crippen LogP contribution in [0.5, 0.6) is 0 Å². The summed E-state index contributed by atoms with van der Waals surface area (Å²) in [6, 6.07) is 6.58. The van der Waals surface area contributed by atoms with Crippen LogP contribution in [0.1, 0.15) is 65.4 Å². The van der Waals surface area contributed by atoms with E-state index in [1.165, 1.54) is 12.5 Å². The molecule has 0 heterocycles. The molecule has 23 heavy (non-hydrogen) atoms. The van der Waals surface area contributed by atoms with Gasteiger partial charge in [0, 0.05) is 0 Å². The molecular formula is C18H29NaO3S. The number of hydrogen-bond acceptors (Lipinski definition) is 3. The van der Waals surface area contributed by atoms with Gasteiger partial charge in [0.1, 0.15) is 10.1 Å². The zero-order valence-electron chi connectivity index (χ0n) is 15.4. The van der Waals surface area contributed by atoms with Crippen molar-refractivity contribution in [2.75, 3.05) is 0 Å². The van der Waals surface area contributed by atoms with Crippen molar-refractivity contribution in [3.05, 3.63) is 29.8 Å². The number of benzene rings is 1. The maximum Gasteiger partial charge on any atom is 1.00 e. The van der Waals surface area contributed by atoms with Crippen LogP contribution in [0.25, 0.3) is 0 Å². The predicted molar refractivity (Wildman–Crippen MR) is 89.8 cm³/mol. The van der Waals surface area contributed by atoms with Crippen LogP contribution in [-0.2, 0) is 10.1 Å². The summed E-state index contributed by atoms with van der Waals surface area (Å²) in [5, 5.41) is 0. The van der Waals surface area contributed by atoms with Crippen molar-refractivity contribution in [3.63, 3.8) is 0 Å². The SMILES string of the molecule is CC(C)CC(C)CC(C)CC(C)c1ccccc1S(=O)(=O)[O-].[Na+]. The molecule has 0 saturated heterocycles. The molecule has 0 aliphatic carbocycles. The van der Waals surface area contributed by atoms with Crippen LogP contribution in [-0.4, -0.2) is 13.0 Å². The van der Waals surface area contributed by atoms with E-state index in [9.17, 15) is 13.0 Å². The predicted octanol–water partition coefficient (Wildman–Crippen LogP) is 1.80. The van der Waals surface area contributed by atoms with Gasteiger partial charge >= 0.3 is 29.6 Å². The largest absolute Gasteiger partial charge is 1.00 e. The van der Waals surface area contributed by atoms with Crippen molar-refractivity contribution >= 4 is 10.1 Å². The molecule has 0 saturated carbocycles. The monoisotopic (exact) mass is 348 g/mol. The normalized spacial score (nSPS) is 15.8. The minimum atomic E-state index is -4.40. The summed E-state index contributed by atoms with van der Waals surface area (Å²) in [6.07, 6.45) is 3.24. The topological polar surface area (TPSA) is 57.2 Å². The molecule has 3 atom stereocenters. The minimum Gasteiger partial charge on any atom is -0.744 e. The third-order valence-corrected chi connectivity index (χ3v) is 5.06. The summed E-state index contributed by atoms with van der Waals surface area (Å²) in [6.45, 7) is 11.0. The minimum absolute atomic E-state index is 0. The third-order valence-electron chi connectivity index (χ3n) is 4.15. The zero-order chi connectivity index (χ0) is 16.9. The molecule has 0 amide bonds. The van der Waals surface area contributed by atoms with Crippen molar-refractivity contribution in [3.8, 4) is 0 Å². The van der Waals surface area contributed by atoms with E-state index in [-0.39, 0.29) is 40.4 Å². The summed E-state index contributed by atoms with van der Waals surface area (Å²) >= 11 is 0. The number of rotatable bonds is 8. The Morgan fingerprint density at radius 1 is 0.913 bits per heavy atom. The Morgan fingerprint density at radius 3 is 1.96 bits per heavy atom. The van der Waals surface area contributed by atoms with Gasteiger partial charge in [-0.15, -0.1) is 0 Å². The summed E-state index contributed by atoms with van der Waals surface area (Å²) in [4.78, 5) is -0.0649. The Hall–Kier alpha value is 0.130. The molecule has 0 spiro atoms. The van der Waals surface area contributed by atoms with E-state index in [2.05, 4.69) is 27.7 Å². The van der Waals surface area contributed by atoms with Gasteiger partial charge in [-0.3, -0.25) is 0 Å². The second kappa shape index (κ2) is 10.2. The molecule has 5 heteroatoms. The summed E-state index contributed by atoms with van der Waals surface area (Å²) in [5.41, 5.74) is 0.654. The molecule has 0 aromatic heterocycles. The van der Waals surface area contributed by atoms with Gasteiger partial charge in [0.25, 0.3) is 0 Å². The Bertz CT molecular complexity index is 569. The Labute approximate surface area is 164 Å². The van der Waals surface area contributed by atoms with Gasteiger partial charge in [-0.2, -0.15) is 0 Å². The first-order chi connectivity index (χ1) is 10.1. The maximum absolute atomic E-state index is 11.4. The quantitative estimate of drug-likeness (QED) is 0.532. The molecule has 3 unspecified atom stereocenters. The van der Waals surface area contributed by atoms with Crippen LogP contribution in [0.2, 0.25) is 0 Å². The van der Waals surface area contributed by atoms with Crippen LogP contribution in [0, 0.1) is 17.8 Å². The molecule has 0 bridgehead atoms. The molecule has 0 fully saturated rings. The summed E-state index contributed by atoms with van der Waals surface area (Å²) in [7, 11) is -4.40. The maximum atomic E-state index is 11.4. The van der Waals surface area contributed by atoms with Gasteiger partial charge in [0.2, 0.25) is 0 Å². The smallest absolute Gasteiger partial charge is 0.744 e. The Morgan fingerprint density at radius 2 is 1.43 bits per heavy atom. The molecule has 0 aliphatic rings. The van der Waals surface area contributed by atoms with E-state index in [1.807, 2.05) is 6.92 Å². The average molecular weight is 348 g/mol. The van der Waals surface area contributed by atoms with Gasteiger partial charge in [0.05, 0.1) is 4.90 Å². The van der Waals surface area contributed by atoms with E-state index >= 15 is 0 Å². The van der Waals surface area contributed by atoms with E-state index in [4.69, 9.17) is 0 Å². The van der Waals surface area contributed by atoms with E-state index in [0.29, 0.717) is 23.3 Å². The molecule has 0 radical (unpaired) electrons. The van der Waals surface area contributed by atoms with Crippen LogP contribution < -0.4 is 29.6 Å². The first-order valence-corrected chi connectivity index (χ1v) is 9.56. The second-order valence-corrected chi connectivity index (χ2v) is 8.55. The number of hydrogen-bond donors (Lipinski definition) is 0. The first-order valence-electron chi connectivity index (χ1n) is 8.16. The van der Waals surface area contributed by atoms with Gasteiger partial charge in [0.15, 0.2) is 0 Å². The molecule has 0 N–H and O–H groups in total. The fraction of sp³-hybridized carbons (Fsp3) is 0.667. The molecule has 1 aromatic carbocycles.